The third-order valence-electron chi connectivity index (χ3n) is 14.3. The van der Waals surface area contributed by atoms with Gasteiger partial charge < -0.3 is 84.1 Å². The molecule has 94 heavy (non-hydrogen) atoms. The number of carboxylic acids is 2. The first kappa shape index (κ1) is 74.7. The third-order valence-corrected chi connectivity index (χ3v) is 15.3. The van der Waals surface area contributed by atoms with Gasteiger partial charge in [0.1, 0.15) is 60.1 Å². The SMILES string of the molecule is CSCC[C@H](NC(=O)[C@@H](CC1=Nc2ccccc2C1)NC(=O)CNC(=O)[C@@H](NC(=O)[C@H](Cc1ccc(OS(=O)(=O)O)cc1)NC(=O)[C@H](CC(=O)O)NC(=O)[C@H](CCC(N)=O)NC(=O)[C@@H]1CCC(=O)N1)[C@@H](C)O)C(=O)N[C@@H](CC(=O)O)C(=O)N[C@@H](Cc1ccccc1)C(N)=O. The second kappa shape index (κ2) is 35.7. The smallest absolute Gasteiger partial charge is 0.446 e. The van der Waals surface area contributed by atoms with Gasteiger partial charge in [0.25, 0.3) is 0 Å². The minimum atomic E-state index is -5.02. The standard InChI is InChI=1S/C58H73N13O21S2/c1-29(72)49(71-57(87)40(23-31-12-14-34(15-13-31)92-94(89,90)91)68-56(86)43(27-48(78)79)69-52(82)37(16-18-44(59)73)65-51(81)36-17-19-45(74)63-36)58(88)61-28-46(75)64-41(25-33-24-32-10-6-7-11-35(32)62-33)54(84)66-38(20-21-93-2)53(83)70-42(26-47(76)77)55(85)67-39(50(60)80)22-30-8-4-3-5-9-30/h3-15,29,36-43,49,72H,16-28H2,1-2H3,(H2,59,73)(H2,60,80)(H,61,88)(H,63,74)(H,64,75)(H,65,81)(H,66,84)(H,67,85)(H,68,86)(H,69,82)(H,70,83)(H,71,87)(H,76,77)(H,78,79)(H,89,90,91)/t29-,36+,37+,38+,39+,40+,41-,42+,43+,49+/m1/s1. The Labute approximate surface area is 541 Å². The Hall–Kier alpha value is -10.1. The summed E-state index contributed by atoms with van der Waals surface area (Å²) >= 11 is 1.26. The molecular weight excluding hydrogens is 1280 g/mol. The molecule has 3 aromatic carbocycles. The predicted molar refractivity (Wildman–Crippen MR) is 331 cm³/mol. The number of primary amides is 2. The molecule has 1 saturated heterocycles. The molecule has 0 aromatic heterocycles. The number of thioether (sulfide) groups is 1. The lowest BCUT2D eigenvalue weighted by Crippen LogP contribution is -2.61. The summed E-state index contributed by atoms with van der Waals surface area (Å²) in [5.74, 6) is -15.9. The zero-order chi connectivity index (χ0) is 69.4. The molecular formula is C58H73N13O21S2. The van der Waals surface area contributed by atoms with E-state index in [9.17, 15) is 90.9 Å². The lowest BCUT2D eigenvalue weighted by atomic mass is 10.0. The molecule has 12 amide bonds. The van der Waals surface area contributed by atoms with E-state index >= 15 is 0 Å². The summed E-state index contributed by atoms with van der Waals surface area (Å²) in [6.45, 7) is 0.0708. The van der Waals surface area contributed by atoms with Gasteiger partial charge >= 0.3 is 22.3 Å². The summed E-state index contributed by atoms with van der Waals surface area (Å²) in [5, 5.41) is 53.9. The van der Waals surface area contributed by atoms with Gasteiger partial charge in [0.05, 0.1) is 31.2 Å². The van der Waals surface area contributed by atoms with E-state index in [1.807, 2.05) is 0 Å². The molecule has 0 radical (unpaired) electrons. The van der Waals surface area contributed by atoms with Crippen LogP contribution in [0.3, 0.4) is 0 Å². The van der Waals surface area contributed by atoms with Crippen LogP contribution in [0.1, 0.15) is 75.0 Å². The van der Waals surface area contributed by atoms with E-state index < -0.39 is 198 Å². The number of amides is 12. The highest BCUT2D eigenvalue weighted by Gasteiger charge is 2.38. The fourth-order valence-corrected chi connectivity index (χ4v) is 10.4. The van der Waals surface area contributed by atoms with Crippen molar-refractivity contribution in [3.8, 4) is 5.75 Å². The van der Waals surface area contributed by atoms with Crippen LogP contribution in [0.25, 0.3) is 0 Å². The summed E-state index contributed by atoms with van der Waals surface area (Å²) in [6.07, 6.45) is -4.08. The molecule has 508 valence electrons. The largest absolute Gasteiger partial charge is 0.481 e. The van der Waals surface area contributed by atoms with Crippen LogP contribution in [0.2, 0.25) is 0 Å². The Balaban J connectivity index is 1.35. The highest BCUT2D eigenvalue weighted by atomic mass is 32.3. The number of benzene rings is 3. The number of rotatable bonds is 38. The Morgan fingerprint density at radius 2 is 1.15 bits per heavy atom. The lowest BCUT2D eigenvalue weighted by Gasteiger charge is -2.27. The zero-order valence-electron chi connectivity index (χ0n) is 50.6. The maximum atomic E-state index is 14.4. The summed E-state index contributed by atoms with van der Waals surface area (Å²) in [5.41, 5.74) is 13.3. The van der Waals surface area contributed by atoms with E-state index in [2.05, 4.69) is 62.3 Å². The van der Waals surface area contributed by atoms with Crippen LogP contribution in [0.4, 0.5) is 5.69 Å². The molecule has 2 aliphatic heterocycles. The average molecular weight is 1350 g/mol. The molecule has 34 nitrogen and oxygen atoms in total. The lowest BCUT2D eigenvalue weighted by molar-refractivity contribution is -0.142. The maximum Gasteiger partial charge on any atom is 0.446 e. The molecule has 2 heterocycles. The van der Waals surface area contributed by atoms with E-state index in [-0.39, 0.29) is 49.8 Å². The van der Waals surface area contributed by atoms with Crippen molar-refractivity contribution in [2.24, 2.45) is 16.5 Å². The maximum absolute atomic E-state index is 14.4. The number of carbonyl (C=O) groups is 14. The van der Waals surface area contributed by atoms with E-state index in [1.54, 1.807) is 60.9 Å². The molecule has 3 aromatic rings. The van der Waals surface area contributed by atoms with Crippen LogP contribution in [-0.4, -0.2) is 196 Å². The van der Waals surface area contributed by atoms with Crippen LogP contribution in [-0.2, 0) is 96.8 Å². The average Bonchev–Trinajstić information content (AvgIpc) is 1.56. The molecule has 36 heteroatoms. The van der Waals surface area contributed by atoms with E-state index in [4.69, 9.17) is 16.0 Å². The number of nitrogens with one attached hydrogen (secondary N) is 10. The monoisotopic (exact) mass is 1350 g/mol. The Bertz CT molecular complexity index is 3470. The molecule has 2 aliphatic rings. The number of para-hydroxylation sites is 1. The fraction of sp³-hybridized carbons (Fsp3) is 0.431. The summed E-state index contributed by atoms with van der Waals surface area (Å²) < 4.78 is 36.3. The first-order valence-corrected chi connectivity index (χ1v) is 31.8. The van der Waals surface area contributed by atoms with Gasteiger partial charge in [-0.15, -0.1) is 0 Å². The van der Waals surface area contributed by atoms with E-state index in [0.717, 1.165) is 24.6 Å². The molecule has 0 unspecified atom stereocenters. The first-order chi connectivity index (χ1) is 44.4. The van der Waals surface area contributed by atoms with Crippen LogP contribution < -0.4 is 68.8 Å². The molecule has 0 spiro atoms. The highest BCUT2D eigenvalue weighted by molar-refractivity contribution is 7.98. The Kier molecular flexibility index (Phi) is 28.3. The Morgan fingerprint density at radius 3 is 1.69 bits per heavy atom. The van der Waals surface area contributed by atoms with Gasteiger partial charge in [-0.25, -0.2) is 0 Å². The molecule has 18 N–H and O–H groups in total. The van der Waals surface area contributed by atoms with Crippen molar-refractivity contribution < 1.29 is 99.6 Å². The topological polar surface area (TPSA) is 548 Å². The molecule has 0 saturated carbocycles. The minimum Gasteiger partial charge on any atom is -0.481 e. The van der Waals surface area contributed by atoms with Gasteiger partial charge in [-0.05, 0) is 73.1 Å². The molecule has 0 aliphatic carbocycles. The predicted octanol–water partition coefficient (Wildman–Crippen LogP) is -4.52. The molecule has 1 fully saturated rings. The summed E-state index contributed by atoms with van der Waals surface area (Å²) in [7, 11) is -5.02. The number of aliphatic carboxylic acids is 2. The van der Waals surface area contributed by atoms with E-state index in [1.165, 1.54) is 23.9 Å². The number of nitrogens with zero attached hydrogens (tertiary/aromatic N) is 1. The second-order valence-electron chi connectivity index (χ2n) is 21.7. The van der Waals surface area contributed by atoms with Gasteiger partial charge in [-0.3, -0.25) is 76.7 Å². The summed E-state index contributed by atoms with van der Waals surface area (Å²) in [4.78, 5) is 190. The second-order valence-corrected chi connectivity index (χ2v) is 23.7. The summed E-state index contributed by atoms with van der Waals surface area (Å²) in [6, 6.07) is 4.85. The number of carboxylic acid groups (broad SMARTS) is 2. The number of hydrogen-bond donors (Lipinski definition) is 16. The minimum absolute atomic E-state index is 0.0226. The number of aliphatic imine (C=N–C) groups is 1. The van der Waals surface area contributed by atoms with Crippen molar-refractivity contribution in [1.82, 2.24) is 53.2 Å². The molecule has 10 atom stereocenters. The number of fused-ring (bicyclic) bond motifs is 1. The van der Waals surface area contributed by atoms with Gasteiger partial charge in [0, 0.05) is 44.2 Å². The zero-order valence-corrected chi connectivity index (χ0v) is 52.3. The van der Waals surface area contributed by atoms with Crippen molar-refractivity contribution in [3.63, 3.8) is 0 Å². The number of hydrogen-bond acceptors (Lipinski definition) is 20. The van der Waals surface area contributed by atoms with E-state index in [0.29, 0.717) is 17.0 Å². The van der Waals surface area contributed by atoms with Crippen LogP contribution >= 0.6 is 11.8 Å². The molecule has 5 rings (SSSR count). The normalized spacial score (nSPS) is 16.1. The van der Waals surface area contributed by atoms with Crippen LogP contribution in [0.15, 0.2) is 83.9 Å². The third kappa shape index (κ3) is 24.9. The number of aliphatic hydroxyl groups is 1. The van der Waals surface area contributed by atoms with Gasteiger partial charge in [0.2, 0.25) is 70.9 Å². The quantitative estimate of drug-likeness (QED) is 0.0240. The van der Waals surface area contributed by atoms with Crippen LogP contribution in [0, 0.1) is 0 Å². The van der Waals surface area contributed by atoms with Gasteiger partial charge in [-0.1, -0.05) is 60.7 Å². The van der Waals surface area contributed by atoms with Crippen molar-refractivity contribution in [2.45, 2.75) is 138 Å². The van der Waals surface area contributed by atoms with Gasteiger partial charge in [0.15, 0.2) is 0 Å². The molecule has 0 bridgehead atoms. The van der Waals surface area contributed by atoms with Gasteiger partial charge in [-0.2, -0.15) is 20.2 Å². The van der Waals surface area contributed by atoms with Crippen LogP contribution in [0.5, 0.6) is 5.75 Å². The number of nitrogens with two attached hydrogens (primary N) is 2. The number of carbonyl (C=O) groups excluding carboxylic acids is 12. The Morgan fingerprint density at radius 1 is 0.638 bits per heavy atom. The van der Waals surface area contributed by atoms with Crippen molar-refractivity contribution >= 4 is 116 Å². The first-order valence-electron chi connectivity index (χ1n) is 29.0. The van der Waals surface area contributed by atoms with Crippen molar-refractivity contribution in [2.75, 3.05) is 18.6 Å². The number of aliphatic hydroxyl groups excluding tert-OH is 1. The fourth-order valence-electron chi connectivity index (χ4n) is 9.54. The highest BCUT2D eigenvalue weighted by Crippen LogP contribution is 2.27. The van der Waals surface area contributed by atoms with Crippen molar-refractivity contribution in [1.29, 1.82) is 0 Å². The van der Waals surface area contributed by atoms with Crippen molar-refractivity contribution in [3.05, 3.63) is 95.6 Å².